The molecule has 2 amide bonds. The maximum atomic E-state index is 13.5. The molecule has 138 valence electrons. The molecule has 0 saturated heterocycles. The summed E-state index contributed by atoms with van der Waals surface area (Å²) in [7, 11) is 0. The van der Waals surface area contributed by atoms with Crippen LogP contribution in [0.3, 0.4) is 0 Å². The topological polar surface area (TPSA) is 84.0 Å². The van der Waals surface area contributed by atoms with Gasteiger partial charge < -0.3 is 10.6 Å². The van der Waals surface area contributed by atoms with Crippen LogP contribution in [0.1, 0.15) is 21.2 Å². The van der Waals surface area contributed by atoms with E-state index in [2.05, 4.69) is 20.8 Å². The molecule has 0 radical (unpaired) electrons. The number of aromatic nitrogens is 2. The van der Waals surface area contributed by atoms with Gasteiger partial charge in [0.2, 0.25) is 10.9 Å². The molecule has 6 nitrogen and oxygen atoms in total. The maximum absolute atomic E-state index is 13.5. The highest BCUT2D eigenvalue weighted by Gasteiger charge is 2.14. The fourth-order valence-electron chi connectivity index (χ4n) is 2.19. The first-order valence-corrected chi connectivity index (χ1v) is 9.14. The van der Waals surface area contributed by atoms with E-state index in [1.807, 2.05) is 0 Å². The van der Waals surface area contributed by atoms with E-state index in [4.69, 9.17) is 11.6 Å². The van der Waals surface area contributed by atoms with Crippen molar-refractivity contribution in [1.29, 1.82) is 0 Å². The summed E-state index contributed by atoms with van der Waals surface area (Å²) in [5, 5.41) is 14.2. The van der Waals surface area contributed by atoms with E-state index >= 15 is 0 Å². The van der Waals surface area contributed by atoms with E-state index in [1.165, 1.54) is 12.1 Å². The molecule has 3 rings (SSSR count). The quantitative estimate of drug-likeness (QED) is 0.646. The van der Waals surface area contributed by atoms with Crippen LogP contribution in [0.4, 0.5) is 15.8 Å². The molecule has 0 fully saturated rings. The summed E-state index contributed by atoms with van der Waals surface area (Å²) in [4.78, 5) is 24.1. The molecule has 3 aromatic rings. The van der Waals surface area contributed by atoms with Crippen LogP contribution in [0.15, 0.2) is 48.5 Å². The van der Waals surface area contributed by atoms with E-state index in [0.29, 0.717) is 22.1 Å². The van der Waals surface area contributed by atoms with Gasteiger partial charge in [-0.15, -0.1) is 10.2 Å². The van der Waals surface area contributed by atoms with Crippen LogP contribution < -0.4 is 10.6 Å². The lowest BCUT2D eigenvalue weighted by Gasteiger charge is -2.04. The van der Waals surface area contributed by atoms with Crippen LogP contribution in [-0.4, -0.2) is 22.0 Å². The molecule has 0 spiro atoms. The number of amides is 2. The van der Waals surface area contributed by atoms with Crippen LogP contribution in [-0.2, 0) is 11.2 Å². The zero-order valence-corrected chi connectivity index (χ0v) is 15.5. The van der Waals surface area contributed by atoms with Crippen molar-refractivity contribution in [2.75, 3.05) is 10.6 Å². The van der Waals surface area contributed by atoms with Crippen molar-refractivity contribution in [1.82, 2.24) is 10.2 Å². The van der Waals surface area contributed by atoms with Gasteiger partial charge in [-0.05, 0) is 30.3 Å². The summed E-state index contributed by atoms with van der Waals surface area (Å²) in [6, 6.07) is 12.7. The molecule has 27 heavy (non-hydrogen) atoms. The fraction of sp³-hybridized carbons (Fsp3) is 0.111. The van der Waals surface area contributed by atoms with Crippen molar-refractivity contribution >= 4 is 46.1 Å². The number of carbonyl (C=O) groups excluding carboxylic acids is 2. The van der Waals surface area contributed by atoms with Crippen molar-refractivity contribution < 1.29 is 14.0 Å². The smallest absolute Gasteiger partial charge is 0.286 e. The molecule has 0 saturated carbocycles. The number of hydrogen-bond donors (Lipinski definition) is 2. The predicted octanol–water partition coefficient (Wildman–Crippen LogP) is 4.15. The zero-order valence-electron chi connectivity index (χ0n) is 13.9. The molecule has 2 N–H and O–H groups in total. The maximum Gasteiger partial charge on any atom is 0.286 e. The molecule has 1 heterocycles. The van der Waals surface area contributed by atoms with Gasteiger partial charge in [0, 0.05) is 23.6 Å². The van der Waals surface area contributed by atoms with Crippen molar-refractivity contribution in [3.05, 3.63) is 69.4 Å². The third kappa shape index (κ3) is 5.32. The number of benzene rings is 2. The Morgan fingerprint density at radius 3 is 2.67 bits per heavy atom. The average molecular weight is 405 g/mol. The first-order valence-electron chi connectivity index (χ1n) is 7.95. The highest BCUT2D eigenvalue weighted by atomic mass is 35.5. The normalized spacial score (nSPS) is 10.4. The molecule has 0 unspecified atom stereocenters. The molecule has 0 aliphatic rings. The van der Waals surface area contributed by atoms with Gasteiger partial charge in [0.25, 0.3) is 5.91 Å². The Balaban J connectivity index is 1.54. The number of nitrogens with zero attached hydrogens (tertiary/aromatic N) is 2. The van der Waals surface area contributed by atoms with Crippen molar-refractivity contribution in [2.24, 2.45) is 0 Å². The first kappa shape index (κ1) is 18.9. The SMILES string of the molecule is O=C(CCc1nnc(C(=O)Nc2cccc(Cl)c2)s1)Nc1ccccc1F. The number of para-hydroxylation sites is 1. The second kappa shape index (κ2) is 8.70. The van der Waals surface area contributed by atoms with Crippen molar-refractivity contribution in [3.8, 4) is 0 Å². The third-order valence-electron chi connectivity index (χ3n) is 3.46. The Kier molecular flexibility index (Phi) is 6.10. The van der Waals surface area contributed by atoms with E-state index in [1.54, 1.807) is 36.4 Å². The Morgan fingerprint density at radius 2 is 1.89 bits per heavy atom. The van der Waals surface area contributed by atoms with Crippen LogP contribution in [0.2, 0.25) is 5.02 Å². The Morgan fingerprint density at radius 1 is 1.07 bits per heavy atom. The third-order valence-corrected chi connectivity index (χ3v) is 4.67. The van der Waals surface area contributed by atoms with Gasteiger partial charge in [0.15, 0.2) is 0 Å². The molecule has 9 heteroatoms. The van der Waals surface area contributed by atoms with E-state index in [0.717, 1.165) is 11.3 Å². The van der Waals surface area contributed by atoms with E-state index < -0.39 is 11.7 Å². The van der Waals surface area contributed by atoms with Gasteiger partial charge >= 0.3 is 0 Å². The molecule has 0 aliphatic heterocycles. The highest BCUT2D eigenvalue weighted by Crippen LogP contribution is 2.18. The van der Waals surface area contributed by atoms with Crippen LogP contribution >= 0.6 is 22.9 Å². The summed E-state index contributed by atoms with van der Waals surface area (Å²) >= 11 is 6.97. The molecular weight excluding hydrogens is 391 g/mol. The summed E-state index contributed by atoms with van der Waals surface area (Å²) in [6.07, 6.45) is 0.390. The number of hydrogen-bond acceptors (Lipinski definition) is 5. The number of aryl methyl sites for hydroxylation is 1. The largest absolute Gasteiger partial charge is 0.324 e. The summed E-state index contributed by atoms with van der Waals surface area (Å²) < 4.78 is 13.5. The summed E-state index contributed by atoms with van der Waals surface area (Å²) in [6.45, 7) is 0. The number of anilines is 2. The zero-order chi connectivity index (χ0) is 19.2. The van der Waals surface area contributed by atoms with Crippen LogP contribution in [0, 0.1) is 5.82 Å². The minimum Gasteiger partial charge on any atom is -0.324 e. The molecule has 0 bridgehead atoms. The highest BCUT2D eigenvalue weighted by molar-refractivity contribution is 7.13. The monoisotopic (exact) mass is 404 g/mol. The van der Waals surface area contributed by atoms with Gasteiger partial charge in [-0.25, -0.2) is 4.39 Å². The van der Waals surface area contributed by atoms with E-state index in [9.17, 15) is 14.0 Å². The average Bonchev–Trinajstić information content (AvgIpc) is 3.11. The van der Waals surface area contributed by atoms with Gasteiger partial charge in [-0.1, -0.05) is 41.1 Å². The Hall–Kier alpha value is -2.84. The molecule has 0 atom stereocenters. The van der Waals surface area contributed by atoms with Gasteiger partial charge in [-0.2, -0.15) is 0 Å². The first-order chi connectivity index (χ1) is 13.0. The molecule has 2 aromatic carbocycles. The predicted molar refractivity (Wildman–Crippen MR) is 103 cm³/mol. The minimum atomic E-state index is -0.498. The standard InChI is InChI=1S/C18H14ClFN4O2S/c19-11-4-3-5-12(10-11)21-17(26)18-24-23-16(27-18)9-8-15(25)22-14-7-2-1-6-13(14)20/h1-7,10H,8-9H2,(H,21,26)(H,22,25). The minimum absolute atomic E-state index is 0.0961. The number of halogens is 2. The van der Waals surface area contributed by atoms with Gasteiger partial charge in [0.05, 0.1) is 5.69 Å². The second-order valence-corrected chi connectivity index (χ2v) is 6.99. The lowest BCUT2D eigenvalue weighted by atomic mass is 10.2. The lowest BCUT2D eigenvalue weighted by molar-refractivity contribution is -0.116. The fourth-order valence-corrected chi connectivity index (χ4v) is 3.12. The second-order valence-electron chi connectivity index (χ2n) is 5.49. The number of rotatable bonds is 6. The molecule has 1 aromatic heterocycles. The lowest BCUT2D eigenvalue weighted by Crippen LogP contribution is -2.13. The van der Waals surface area contributed by atoms with Crippen molar-refractivity contribution in [3.63, 3.8) is 0 Å². The van der Waals surface area contributed by atoms with E-state index in [-0.39, 0.29) is 23.0 Å². The van der Waals surface area contributed by atoms with Crippen LogP contribution in [0.5, 0.6) is 0 Å². The van der Waals surface area contributed by atoms with Gasteiger partial charge in [0.1, 0.15) is 10.8 Å². The number of carbonyl (C=O) groups is 2. The summed E-state index contributed by atoms with van der Waals surface area (Å²) in [5.74, 6) is -1.25. The van der Waals surface area contributed by atoms with Gasteiger partial charge in [-0.3, -0.25) is 9.59 Å². The molecule has 0 aliphatic carbocycles. The number of nitrogens with one attached hydrogen (secondary N) is 2. The Labute approximate surface area is 163 Å². The molecular formula is C18H14ClFN4O2S. The van der Waals surface area contributed by atoms with Crippen LogP contribution in [0.25, 0.3) is 0 Å². The van der Waals surface area contributed by atoms with Crippen molar-refractivity contribution in [2.45, 2.75) is 12.8 Å². The summed E-state index contributed by atoms with van der Waals surface area (Å²) in [5.41, 5.74) is 0.676. The Bertz CT molecular complexity index is 979.